The van der Waals surface area contributed by atoms with Crippen LogP contribution in [0, 0.1) is 5.82 Å². The maximum atomic E-state index is 13.9. The molecule has 7 nitrogen and oxygen atoms in total. The van der Waals surface area contributed by atoms with Crippen molar-refractivity contribution >= 4 is 27.6 Å². The molecule has 8 heteroatoms. The molecule has 0 aliphatic heterocycles. The summed E-state index contributed by atoms with van der Waals surface area (Å²) in [5.41, 5.74) is 7.36. The predicted molar refractivity (Wildman–Crippen MR) is 136 cm³/mol. The molecule has 3 N–H and O–H groups in total. The van der Waals surface area contributed by atoms with Crippen molar-refractivity contribution in [3.05, 3.63) is 79.0 Å². The van der Waals surface area contributed by atoms with E-state index in [-0.39, 0.29) is 5.82 Å². The van der Waals surface area contributed by atoms with E-state index >= 15 is 0 Å². The number of para-hydroxylation sites is 1. The van der Waals surface area contributed by atoms with Crippen LogP contribution in [0.2, 0.25) is 0 Å². The van der Waals surface area contributed by atoms with E-state index < -0.39 is 0 Å². The molecule has 0 saturated heterocycles. The van der Waals surface area contributed by atoms with Crippen LogP contribution in [-0.4, -0.2) is 36.2 Å². The number of hydrogen-bond acceptors (Lipinski definition) is 5. The van der Waals surface area contributed by atoms with Crippen molar-refractivity contribution in [2.24, 2.45) is 0 Å². The number of hydrogen-bond donors (Lipinski definition) is 3. The van der Waals surface area contributed by atoms with Crippen molar-refractivity contribution in [2.75, 3.05) is 5.32 Å². The van der Waals surface area contributed by atoms with Gasteiger partial charge in [0.2, 0.25) is 0 Å². The van der Waals surface area contributed by atoms with Crippen molar-refractivity contribution in [3.8, 4) is 33.9 Å². The standard InChI is InChI=1S/C27H22FN7/c1-15(2)31-19-10-17(12-29-13-19)23-11-21-24(14-30-23)34-35-26(21)27-32-22-8-4-7-20(25(22)33-27)16-5-3-6-18(28)9-16/h3-15,31H,1-2H3,(H,32,33)(H,34,35). The molecule has 0 aliphatic rings. The minimum Gasteiger partial charge on any atom is -0.382 e. The van der Waals surface area contributed by atoms with Crippen LogP contribution in [0.4, 0.5) is 10.1 Å². The number of pyridine rings is 2. The Morgan fingerprint density at radius 2 is 1.80 bits per heavy atom. The molecule has 4 aromatic heterocycles. The Balaban J connectivity index is 1.45. The van der Waals surface area contributed by atoms with Gasteiger partial charge in [-0.1, -0.05) is 24.3 Å². The van der Waals surface area contributed by atoms with Crippen LogP contribution in [-0.2, 0) is 0 Å². The van der Waals surface area contributed by atoms with Gasteiger partial charge < -0.3 is 10.3 Å². The molecule has 0 saturated carbocycles. The number of aromatic amines is 2. The Labute approximate surface area is 200 Å². The lowest BCUT2D eigenvalue weighted by Gasteiger charge is -2.10. The van der Waals surface area contributed by atoms with Crippen molar-refractivity contribution < 1.29 is 4.39 Å². The number of rotatable bonds is 5. The summed E-state index contributed by atoms with van der Waals surface area (Å²) < 4.78 is 13.9. The monoisotopic (exact) mass is 463 g/mol. The molecular formula is C27H22FN7. The van der Waals surface area contributed by atoms with Gasteiger partial charge in [0.15, 0.2) is 5.82 Å². The number of benzene rings is 2. The lowest BCUT2D eigenvalue weighted by Crippen LogP contribution is -2.09. The molecule has 0 atom stereocenters. The van der Waals surface area contributed by atoms with Gasteiger partial charge >= 0.3 is 0 Å². The third-order valence-corrected chi connectivity index (χ3v) is 5.81. The molecule has 0 amide bonds. The summed E-state index contributed by atoms with van der Waals surface area (Å²) in [6.07, 6.45) is 5.37. The summed E-state index contributed by atoms with van der Waals surface area (Å²) in [6, 6.07) is 16.7. The topological polar surface area (TPSA) is 95.2 Å². The van der Waals surface area contributed by atoms with Crippen molar-refractivity contribution in [1.82, 2.24) is 30.1 Å². The summed E-state index contributed by atoms with van der Waals surface area (Å²) in [5.74, 6) is 0.344. The normalized spacial score (nSPS) is 11.5. The number of anilines is 1. The van der Waals surface area contributed by atoms with Crippen LogP contribution in [0.5, 0.6) is 0 Å². The van der Waals surface area contributed by atoms with Gasteiger partial charge in [-0.2, -0.15) is 5.10 Å². The lowest BCUT2D eigenvalue weighted by atomic mass is 10.0. The first-order valence-electron chi connectivity index (χ1n) is 11.4. The summed E-state index contributed by atoms with van der Waals surface area (Å²) in [6.45, 7) is 4.17. The van der Waals surface area contributed by atoms with E-state index in [4.69, 9.17) is 4.98 Å². The van der Waals surface area contributed by atoms with Gasteiger partial charge in [-0.15, -0.1) is 0 Å². The van der Waals surface area contributed by atoms with Gasteiger partial charge in [-0.25, -0.2) is 9.37 Å². The van der Waals surface area contributed by atoms with Gasteiger partial charge in [-0.3, -0.25) is 15.1 Å². The molecule has 0 bridgehead atoms. The number of aromatic nitrogens is 6. The van der Waals surface area contributed by atoms with Gasteiger partial charge in [0.1, 0.15) is 11.5 Å². The van der Waals surface area contributed by atoms with Crippen molar-refractivity contribution in [2.45, 2.75) is 19.9 Å². The molecule has 2 aromatic carbocycles. The molecular weight excluding hydrogens is 441 g/mol. The number of imidazole rings is 1. The Kier molecular flexibility index (Phi) is 4.99. The zero-order valence-corrected chi connectivity index (χ0v) is 19.2. The van der Waals surface area contributed by atoms with Gasteiger partial charge in [0.05, 0.1) is 34.1 Å². The lowest BCUT2D eigenvalue weighted by molar-refractivity contribution is 0.628. The minimum absolute atomic E-state index is 0.282. The minimum atomic E-state index is -0.282. The highest BCUT2D eigenvalue weighted by atomic mass is 19.1. The Bertz CT molecular complexity index is 1680. The largest absolute Gasteiger partial charge is 0.382 e. The fourth-order valence-corrected chi connectivity index (χ4v) is 4.28. The first-order chi connectivity index (χ1) is 17.0. The summed E-state index contributed by atoms with van der Waals surface area (Å²) >= 11 is 0. The molecule has 0 radical (unpaired) electrons. The number of nitrogens with one attached hydrogen (secondary N) is 3. The molecule has 6 aromatic rings. The quantitative estimate of drug-likeness (QED) is 0.283. The second kappa shape index (κ2) is 8.32. The van der Waals surface area contributed by atoms with E-state index in [1.807, 2.05) is 36.4 Å². The van der Waals surface area contributed by atoms with Crippen LogP contribution in [0.1, 0.15) is 13.8 Å². The second-order valence-electron chi connectivity index (χ2n) is 8.75. The molecule has 4 heterocycles. The Morgan fingerprint density at radius 3 is 2.66 bits per heavy atom. The fraction of sp³-hybridized carbons (Fsp3) is 0.111. The fourth-order valence-electron chi connectivity index (χ4n) is 4.28. The van der Waals surface area contributed by atoms with Crippen molar-refractivity contribution in [3.63, 3.8) is 0 Å². The maximum absolute atomic E-state index is 13.9. The van der Waals surface area contributed by atoms with E-state index in [9.17, 15) is 4.39 Å². The summed E-state index contributed by atoms with van der Waals surface area (Å²) in [4.78, 5) is 17.2. The third-order valence-electron chi connectivity index (χ3n) is 5.81. The van der Waals surface area contributed by atoms with E-state index in [1.54, 1.807) is 24.7 Å². The molecule has 0 spiro atoms. The number of halogens is 1. The molecule has 0 unspecified atom stereocenters. The highest BCUT2D eigenvalue weighted by Crippen LogP contribution is 2.33. The molecule has 0 fully saturated rings. The Hall–Kier alpha value is -4.59. The highest BCUT2D eigenvalue weighted by Gasteiger charge is 2.16. The Morgan fingerprint density at radius 1 is 0.914 bits per heavy atom. The van der Waals surface area contributed by atoms with E-state index in [2.05, 4.69) is 44.3 Å². The van der Waals surface area contributed by atoms with Crippen molar-refractivity contribution in [1.29, 1.82) is 0 Å². The first-order valence-corrected chi connectivity index (χ1v) is 11.4. The third kappa shape index (κ3) is 3.89. The van der Waals surface area contributed by atoms with Gasteiger partial charge in [-0.05, 0) is 49.7 Å². The van der Waals surface area contributed by atoms with E-state index in [0.29, 0.717) is 17.6 Å². The summed E-state index contributed by atoms with van der Waals surface area (Å²) in [7, 11) is 0. The van der Waals surface area contributed by atoms with E-state index in [1.165, 1.54) is 12.1 Å². The number of nitrogens with zero attached hydrogens (tertiary/aromatic N) is 4. The second-order valence-corrected chi connectivity index (χ2v) is 8.75. The average molecular weight is 464 g/mol. The zero-order valence-electron chi connectivity index (χ0n) is 19.2. The van der Waals surface area contributed by atoms with Gasteiger partial charge in [0, 0.05) is 34.9 Å². The molecule has 0 aliphatic carbocycles. The van der Waals surface area contributed by atoms with Gasteiger partial charge in [0.25, 0.3) is 0 Å². The maximum Gasteiger partial charge on any atom is 0.159 e. The number of fused-ring (bicyclic) bond motifs is 2. The predicted octanol–water partition coefficient (Wildman–Crippen LogP) is 6.19. The number of H-pyrrole nitrogens is 2. The highest BCUT2D eigenvalue weighted by molar-refractivity contribution is 5.97. The zero-order chi connectivity index (χ0) is 23.9. The first kappa shape index (κ1) is 21.0. The molecule has 6 rings (SSSR count). The van der Waals surface area contributed by atoms with Crippen LogP contribution in [0.25, 0.3) is 55.8 Å². The molecule has 172 valence electrons. The SMILES string of the molecule is CC(C)Nc1cncc(-c2cc3c(-c4nc5c(-c6cccc(F)c6)cccc5[nH]4)n[nH]c3cn2)c1. The van der Waals surface area contributed by atoms with Crippen LogP contribution < -0.4 is 5.32 Å². The van der Waals surface area contributed by atoms with E-state index in [0.717, 1.165) is 50.0 Å². The van der Waals surface area contributed by atoms with Crippen LogP contribution in [0.3, 0.4) is 0 Å². The van der Waals surface area contributed by atoms with Crippen LogP contribution >= 0.6 is 0 Å². The summed E-state index contributed by atoms with van der Waals surface area (Å²) in [5, 5.41) is 11.8. The average Bonchev–Trinajstić information content (AvgIpc) is 3.47. The smallest absolute Gasteiger partial charge is 0.159 e. The van der Waals surface area contributed by atoms with Crippen LogP contribution in [0.15, 0.2) is 73.2 Å². The molecule has 35 heavy (non-hydrogen) atoms.